The molecule has 3 rings (SSSR count). The molecule has 0 fully saturated rings. The minimum Gasteiger partial charge on any atom is -0.491 e. The smallest absolute Gasteiger partial charge is 0.255 e. The van der Waals surface area contributed by atoms with Gasteiger partial charge in [0.25, 0.3) is 5.91 Å². The van der Waals surface area contributed by atoms with E-state index in [1.165, 1.54) is 0 Å². The van der Waals surface area contributed by atoms with Gasteiger partial charge in [0.05, 0.1) is 6.10 Å². The Kier molecular flexibility index (Phi) is 5.71. The Morgan fingerprint density at radius 3 is 2.48 bits per heavy atom. The van der Waals surface area contributed by atoms with E-state index in [0.29, 0.717) is 17.1 Å². The molecule has 1 aromatic heterocycles. The highest BCUT2D eigenvalue weighted by Crippen LogP contribution is 2.19. The van der Waals surface area contributed by atoms with Crippen molar-refractivity contribution in [2.75, 3.05) is 10.6 Å². The van der Waals surface area contributed by atoms with Crippen LogP contribution in [0, 0.1) is 6.92 Å². The van der Waals surface area contributed by atoms with Crippen molar-refractivity contribution >= 4 is 23.1 Å². The van der Waals surface area contributed by atoms with Gasteiger partial charge in [0.1, 0.15) is 11.6 Å². The fraction of sp³-hybridized carbons (Fsp3) is 0.182. The number of nitrogens with one attached hydrogen (secondary N) is 2. The summed E-state index contributed by atoms with van der Waals surface area (Å²) < 4.78 is 5.61. The standard InChI is InChI=1S/C22H23N3O2/c1-15(2)27-20-9-7-18(8-10-20)25-22(26)17-11-12-23-21(14-17)24-19-6-4-5-16(3)13-19/h4-15H,1-3H3,(H,23,24)(H,25,26). The zero-order chi connectivity index (χ0) is 19.2. The molecule has 1 amide bonds. The number of pyridine rings is 1. The van der Waals surface area contributed by atoms with Gasteiger partial charge in [0.15, 0.2) is 0 Å². The number of anilines is 3. The molecule has 3 aromatic rings. The van der Waals surface area contributed by atoms with Crippen molar-refractivity contribution in [2.45, 2.75) is 26.9 Å². The number of carbonyl (C=O) groups excluding carboxylic acids is 1. The summed E-state index contributed by atoms with van der Waals surface area (Å²) in [6.07, 6.45) is 1.73. The summed E-state index contributed by atoms with van der Waals surface area (Å²) in [5, 5.41) is 6.11. The quantitative estimate of drug-likeness (QED) is 0.635. The van der Waals surface area contributed by atoms with E-state index in [1.54, 1.807) is 18.3 Å². The van der Waals surface area contributed by atoms with Crippen LogP contribution in [0.4, 0.5) is 17.2 Å². The first-order chi connectivity index (χ1) is 13.0. The number of benzene rings is 2. The number of nitrogens with zero attached hydrogens (tertiary/aromatic N) is 1. The SMILES string of the molecule is Cc1cccc(Nc2cc(C(=O)Nc3ccc(OC(C)C)cc3)ccn2)c1. The van der Waals surface area contributed by atoms with Gasteiger partial charge in [-0.1, -0.05) is 12.1 Å². The number of rotatable bonds is 6. The van der Waals surface area contributed by atoms with E-state index in [4.69, 9.17) is 4.74 Å². The number of ether oxygens (including phenoxy) is 1. The predicted molar refractivity (Wildman–Crippen MR) is 109 cm³/mol. The first-order valence-corrected chi connectivity index (χ1v) is 8.87. The highest BCUT2D eigenvalue weighted by atomic mass is 16.5. The molecule has 0 unspecified atom stereocenters. The fourth-order valence-electron chi connectivity index (χ4n) is 2.60. The molecule has 138 valence electrons. The minimum atomic E-state index is -0.192. The molecule has 0 aliphatic carbocycles. The number of hydrogen-bond acceptors (Lipinski definition) is 4. The van der Waals surface area contributed by atoms with Crippen molar-refractivity contribution < 1.29 is 9.53 Å². The number of amides is 1. The lowest BCUT2D eigenvalue weighted by atomic mass is 10.2. The average molecular weight is 361 g/mol. The summed E-state index contributed by atoms with van der Waals surface area (Å²) in [6.45, 7) is 5.98. The second kappa shape index (κ2) is 8.36. The normalized spacial score (nSPS) is 10.5. The molecule has 0 saturated carbocycles. The van der Waals surface area contributed by atoms with Gasteiger partial charge in [-0.15, -0.1) is 0 Å². The van der Waals surface area contributed by atoms with Crippen LogP contribution in [0.25, 0.3) is 0 Å². The lowest BCUT2D eigenvalue weighted by molar-refractivity contribution is 0.102. The van der Waals surface area contributed by atoms with Crippen LogP contribution in [-0.4, -0.2) is 17.0 Å². The molecule has 0 atom stereocenters. The minimum absolute atomic E-state index is 0.113. The molecule has 0 spiro atoms. The maximum atomic E-state index is 12.5. The molecule has 2 N–H and O–H groups in total. The Labute approximate surface area is 159 Å². The van der Waals surface area contributed by atoms with Crippen molar-refractivity contribution in [1.29, 1.82) is 0 Å². The van der Waals surface area contributed by atoms with Gasteiger partial charge in [-0.25, -0.2) is 4.98 Å². The Balaban J connectivity index is 1.68. The van der Waals surface area contributed by atoms with Gasteiger partial charge in [-0.3, -0.25) is 4.79 Å². The van der Waals surface area contributed by atoms with Gasteiger partial charge >= 0.3 is 0 Å². The van der Waals surface area contributed by atoms with Crippen LogP contribution in [0.2, 0.25) is 0 Å². The molecule has 0 aliphatic heterocycles. The summed E-state index contributed by atoms with van der Waals surface area (Å²) in [5.74, 6) is 1.20. The summed E-state index contributed by atoms with van der Waals surface area (Å²) in [4.78, 5) is 16.8. The Morgan fingerprint density at radius 2 is 1.78 bits per heavy atom. The van der Waals surface area contributed by atoms with Crippen molar-refractivity contribution in [1.82, 2.24) is 4.98 Å². The van der Waals surface area contributed by atoms with E-state index in [1.807, 2.05) is 69.3 Å². The van der Waals surface area contributed by atoms with E-state index in [0.717, 1.165) is 17.0 Å². The first kappa shape index (κ1) is 18.5. The molecule has 5 nitrogen and oxygen atoms in total. The van der Waals surface area contributed by atoms with E-state index in [2.05, 4.69) is 15.6 Å². The Morgan fingerprint density at radius 1 is 1.00 bits per heavy atom. The predicted octanol–water partition coefficient (Wildman–Crippen LogP) is 5.17. The zero-order valence-electron chi connectivity index (χ0n) is 15.7. The summed E-state index contributed by atoms with van der Waals surface area (Å²) in [6, 6.07) is 18.7. The van der Waals surface area contributed by atoms with Crippen LogP contribution in [0.15, 0.2) is 66.9 Å². The number of carbonyl (C=O) groups is 1. The topological polar surface area (TPSA) is 63.2 Å². The van der Waals surface area contributed by atoms with Crippen LogP contribution in [0.1, 0.15) is 29.8 Å². The van der Waals surface area contributed by atoms with Crippen LogP contribution in [0.5, 0.6) is 5.75 Å². The molecular formula is C22H23N3O2. The van der Waals surface area contributed by atoms with E-state index in [9.17, 15) is 4.79 Å². The van der Waals surface area contributed by atoms with Crippen LogP contribution in [-0.2, 0) is 0 Å². The zero-order valence-corrected chi connectivity index (χ0v) is 15.7. The van der Waals surface area contributed by atoms with Gasteiger partial charge in [-0.05, 0) is 74.9 Å². The third-order valence-corrected chi connectivity index (χ3v) is 3.80. The Bertz CT molecular complexity index is 921. The molecule has 5 heteroatoms. The maximum Gasteiger partial charge on any atom is 0.255 e. The third-order valence-electron chi connectivity index (χ3n) is 3.80. The second-order valence-corrected chi connectivity index (χ2v) is 6.57. The number of aromatic nitrogens is 1. The second-order valence-electron chi connectivity index (χ2n) is 6.57. The van der Waals surface area contributed by atoms with E-state index >= 15 is 0 Å². The van der Waals surface area contributed by atoms with Crippen LogP contribution in [0.3, 0.4) is 0 Å². The van der Waals surface area contributed by atoms with E-state index in [-0.39, 0.29) is 12.0 Å². The van der Waals surface area contributed by atoms with Gasteiger partial charge in [0.2, 0.25) is 0 Å². The van der Waals surface area contributed by atoms with Gasteiger partial charge in [0, 0.05) is 23.1 Å². The van der Waals surface area contributed by atoms with Crippen LogP contribution < -0.4 is 15.4 Å². The molecular weight excluding hydrogens is 338 g/mol. The van der Waals surface area contributed by atoms with Crippen LogP contribution >= 0.6 is 0 Å². The monoisotopic (exact) mass is 361 g/mol. The number of hydrogen-bond donors (Lipinski definition) is 2. The van der Waals surface area contributed by atoms with Gasteiger partial charge < -0.3 is 15.4 Å². The summed E-state index contributed by atoms with van der Waals surface area (Å²) >= 11 is 0. The maximum absolute atomic E-state index is 12.5. The molecule has 2 aromatic carbocycles. The highest BCUT2D eigenvalue weighted by Gasteiger charge is 2.08. The fourth-order valence-corrected chi connectivity index (χ4v) is 2.60. The third kappa shape index (κ3) is 5.31. The lowest BCUT2D eigenvalue weighted by Crippen LogP contribution is -2.12. The summed E-state index contributed by atoms with van der Waals surface area (Å²) in [5.41, 5.74) is 3.32. The summed E-state index contributed by atoms with van der Waals surface area (Å²) in [7, 11) is 0. The first-order valence-electron chi connectivity index (χ1n) is 8.87. The largest absolute Gasteiger partial charge is 0.491 e. The highest BCUT2D eigenvalue weighted by molar-refractivity contribution is 6.04. The van der Waals surface area contributed by atoms with Gasteiger partial charge in [-0.2, -0.15) is 0 Å². The van der Waals surface area contributed by atoms with Crippen molar-refractivity contribution in [3.8, 4) is 5.75 Å². The lowest BCUT2D eigenvalue weighted by Gasteiger charge is -2.11. The molecule has 0 aliphatic rings. The molecule has 27 heavy (non-hydrogen) atoms. The molecule has 1 heterocycles. The Hall–Kier alpha value is -3.34. The molecule has 0 saturated heterocycles. The number of aryl methyl sites for hydroxylation is 1. The van der Waals surface area contributed by atoms with E-state index < -0.39 is 0 Å². The average Bonchev–Trinajstić information content (AvgIpc) is 2.63. The van der Waals surface area contributed by atoms with Crippen molar-refractivity contribution in [2.24, 2.45) is 0 Å². The van der Waals surface area contributed by atoms with Crippen molar-refractivity contribution in [3.63, 3.8) is 0 Å². The van der Waals surface area contributed by atoms with Crippen molar-refractivity contribution in [3.05, 3.63) is 78.0 Å². The molecule has 0 radical (unpaired) electrons. The molecule has 0 bridgehead atoms.